The summed E-state index contributed by atoms with van der Waals surface area (Å²) in [5.74, 6) is 0.582. The molecule has 0 saturated heterocycles. The highest BCUT2D eigenvalue weighted by Gasteiger charge is 2.12. The van der Waals surface area contributed by atoms with E-state index in [0.29, 0.717) is 18.9 Å². The van der Waals surface area contributed by atoms with Crippen LogP contribution >= 0.6 is 0 Å². The SMILES string of the molecule is CC(C)(O)CCOc1cc(OC(N)=O)ccn1. The van der Waals surface area contributed by atoms with Crippen LogP contribution in [-0.4, -0.2) is 28.4 Å². The Morgan fingerprint density at radius 2 is 2.29 bits per heavy atom. The second-order valence-electron chi connectivity index (χ2n) is 4.16. The molecular weight excluding hydrogens is 224 g/mol. The van der Waals surface area contributed by atoms with E-state index in [9.17, 15) is 9.90 Å². The number of carbonyl (C=O) groups excluding carboxylic acids is 1. The predicted octanol–water partition coefficient (Wildman–Crippen LogP) is 1.08. The molecule has 1 aromatic rings. The van der Waals surface area contributed by atoms with Gasteiger partial charge in [-0.15, -0.1) is 0 Å². The van der Waals surface area contributed by atoms with Gasteiger partial charge in [0, 0.05) is 18.7 Å². The summed E-state index contributed by atoms with van der Waals surface area (Å²) in [6.07, 6.45) is 1.02. The summed E-state index contributed by atoms with van der Waals surface area (Å²) < 4.78 is 9.97. The van der Waals surface area contributed by atoms with Gasteiger partial charge in [-0.05, 0) is 19.9 Å². The van der Waals surface area contributed by atoms with E-state index in [2.05, 4.69) is 9.72 Å². The number of amides is 1. The number of pyridine rings is 1. The Labute approximate surface area is 99.4 Å². The molecule has 3 N–H and O–H groups in total. The van der Waals surface area contributed by atoms with E-state index in [1.54, 1.807) is 13.8 Å². The first-order chi connectivity index (χ1) is 7.87. The molecule has 0 aliphatic carbocycles. The van der Waals surface area contributed by atoms with Crippen LogP contribution in [0.15, 0.2) is 18.3 Å². The van der Waals surface area contributed by atoms with Crippen molar-refractivity contribution < 1.29 is 19.4 Å². The van der Waals surface area contributed by atoms with Crippen LogP contribution in [0.25, 0.3) is 0 Å². The van der Waals surface area contributed by atoms with E-state index in [0.717, 1.165) is 0 Å². The zero-order chi connectivity index (χ0) is 12.9. The van der Waals surface area contributed by atoms with Crippen molar-refractivity contribution in [2.75, 3.05) is 6.61 Å². The Morgan fingerprint density at radius 3 is 2.88 bits per heavy atom. The number of aliphatic hydroxyl groups is 1. The minimum Gasteiger partial charge on any atom is -0.477 e. The van der Waals surface area contributed by atoms with Crippen LogP contribution in [0, 0.1) is 0 Å². The van der Waals surface area contributed by atoms with Crippen LogP contribution < -0.4 is 15.2 Å². The van der Waals surface area contributed by atoms with Crippen LogP contribution in [0.2, 0.25) is 0 Å². The molecule has 0 atom stereocenters. The van der Waals surface area contributed by atoms with E-state index in [1.165, 1.54) is 18.3 Å². The molecule has 6 heteroatoms. The third kappa shape index (κ3) is 5.72. The van der Waals surface area contributed by atoms with Gasteiger partial charge in [0.05, 0.1) is 12.2 Å². The van der Waals surface area contributed by atoms with Crippen LogP contribution in [0.3, 0.4) is 0 Å². The highest BCUT2D eigenvalue weighted by atomic mass is 16.5. The third-order valence-electron chi connectivity index (χ3n) is 1.89. The Bertz CT molecular complexity index is 387. The van der Waals surface area contributed by atoms with Gasteiger partial charge in [0.2, 0.25) is 5.88 Å². The number of rotatable bonds is 5. The molecule has 94 valence electrons. The molecule has 1 aromatic heterocycles. The van der Waals surface area contributed by atoms with Crippen molar-refractivity contribution in [2.45, 2.75) is 25.9 Å². The Balaban J connectivity index is 2.51. The van der Waals surface area contributed by atoms with E-state index >= 15 is 0 Å². The number of hydrogen-bond acceptors (Lipinski definition) is 5. The van der Waals surface area contributed by atoms with E-state index in [-0.39, 0.29) is 5.75 Å². The fourth-order valence-electron chi connectivity index (χ4n) is 1.06. The number of carbonyl (C=O) groups is 1. The Hall–Kier alpha value is -1.82. The zero-order valence-electron chi connectivity index (χ0n) is 9.84. The number of ether oxygens (including phenoxy) is 2. The largest absolute Gasteiger partial charge is 0.477 e. The quantitative estimate of drug-likeness (QED) is 0.803. The first-order valence-corrected chi connectivity index (χ1v) is 5.15. The summed E-state index contributed by atoms with van der Waals surface area (Å²) in [5.41, 5.74) is 4.09. The second kappa shape index (κ2) is 5.49. The van der Waals surface area contributed by atoms with Gasteiger partial charge >= 0.3 is 6.09 Å². The average Bonchev–Trinajstić information content (AvgIpc) is 2.15. The molecule has 0 aromatic carbocycles. The lowest BCUT2D eigenvalue weighted by Crippen LogP contribution is -2.22. The maximum atomic E-state index is 10.5. The Kier molecular flexibility index (Phi) is 4.28. The summed E-state index contributed by atoms with van der Waals surface area (Å²) >= 11 is 0. The van der Waals surface area contributed by atoms with Crippen molar-refractivity contribution in [1.82, 2.24) is 4.98 Å². The topological polar surface area (TPSA) is 94.7 Å². The smallest absolute Gasteiger partial charge is 0.409 e. The molecule has 1 amide bonds. The maximum absolute atomic E-state index is 10.5. The van der Waals surface area contributed by atoms with Crippen LogP contribution in [0.4, 0.5) is 4.79 Å². The number of nitrogens with two attached hydrogens (primary N) is 1. The number of aromatic nitrogens is 1. The highest BCUT2D eigenvalue weighted by molar-refractivity contribution is 5.68. The van der Waals surface area contributed by atoms with Crippen molar-refractivity contribution in [1.29, 1.82) is 0 Å². The highest BCUT2D eigenvalue weighted by Crippen LogP contribution is 2.17. The van der Waals surface area contributed by atoms with Gasteiger partial charge < -0.3 is 20.3 Å². The molecule has 0 saturated carbocycles. The summed E-state index contributed by atoms with van der Waals surface area (Å²) in [6, 6.07) is 2.95. The minimum absolute atomic E-state index is 0.269. The average molecular weight is 240 g/mol. The van der Waals surface area contributed by atoms with Gasteiger partial charge in [-0.25, -0.2) is 9.78 Å². The Morgan fingerprint density at radius 1 is 1.59 bits per heavy atom. The summed E-state index contributed by atoms with van der Waals surface area (Å²) in [6.45, 7) is 3.70. The van der Waals surface area contributed by atoms with Gasteiger partial charge in [-0.1, -0.05) is 0 Å². The normalized spacial score (nSPS) is 11.0. The third-order valence-corrected chi connectivity index (χ3v) is 1.89. The summed E-state index contributed by atoms with van der Waals surface area (Å²) in [5, 5.41) is 9.48. The van der Waals surface area contributed by atoms with Crippen molar-refractivity contribution in [3.8, 4) is 11.6 Å². The fraction of sp³-hybridized carbons (Fsp3) is 0.455. The molecule has 0 aliphatic rings. The van der Waals surface area contributed by atoms with Gasteiger partial charge in [-0.2, -0.15) is 0 Å². The molecule has 0 fully saturated rings. The minimum atomic E-state index is -0.890. The summed E-state index contributed by atoms with van der Waals surface area (Å²) in [4.78, 5) is 14.5. The number of nitrogens with zero attached hydrogens (tertiary/aromatic N) is 1. The van der Waals surface area contributed by atoms with Crippen LogP contribution in [-0.2, 0) is 0 Å². The van der Waals surface area contributed by atoms with Crippen molar-refractivity contribution >= 4 is 6.09 Å². The first-order valence-electron chi connectivity index (χ1n) is 5.15. The lowest BCUT2D eigenvalue weighted by atomic mass is 10.1. The van der Waals surface area contributed by atoms with Gasteiger partial charge in [0.25, 0.3) is 0 Å². The fourth-order valence-corrected chi connectivity index (χ4v) is 1.06. The van der Waals surface area contributed by atoms with Crippen molar-refractivity contribution in [2.24, 2.45) is 5.73 Å². The molecule has 0 radical (unpaired) electrons. The molecule has 0 spiro atoms. The molecular formula is C11H16N2O4. The maximum Gasteiger partial charge on any atom is 0.409 e. The van der Waals surface area contributed by atoms with Gasteiger partial charge in [0.1, 0.15) is 5.75 Å². The van der Waals surface area contributed by atoms with Gasteiger partial charge in [-0.3, -0.25) is 0 Å². The van der Waals surface area contributed by atoms with E-state index < -0.39 is 11.7 Å². The van der Waals surface area contributed by atoms with Crippen LogP contribution in [0.5, 0.6) is 11.6 Å². The molecule has 6 nitrogen and oxygen atoms in total. The molecule has 1 rings (SSSR count). The standard InChI is InChI=1S/C11H16N2O4/c1-11(2,15)4-6-16-9-7-8(3-5-13-9)17-10(12)14/h3,5,7,15H,4,6H2,1-2H3,(H2,12,14). The zero-order valence-corrected chi connectivity index (χ0v) is 9.84. The first kappa shape index (κ1) is 13.2. The van der Waals surface area contributed by atoms with E-state index in [4.69, 9.17) is 10.5 Å². The number of primary amides is 1. The summed E-state index contributed by atoms with van der Waals surface area (Å²) in [7, 11) is 0. The monoisotopic (exact) mass is 240 g/mol. The van der Waals surface area contributed by atoms with Crippen molar-refractivity contribution in [3.63, 3.8) is 0 Å². The van der Waals surface area contributed by atoms with Crippen LogP contribution in [0.1, 0.15) is 20.3 Å². The molecule has 17 heavy (non-hydrogen) atoms. The number of hydrogen-bond donors (Lipinski definition) is 2. The molecule has 0 aliphatic heterocycles. The van der Waals surface area contributed by atoms with Crippen molar-refractivity contribution in [3.05, 3.63) is 18.3 Å². The lowest BCUT2D eigenvalue weighted by molar-refractivity contribution is 0.0547. The molecule has 1 heterocycles. The molecule has 0 unspecified atom stereocenters. The van der Waals surface area contributed by atoms with Gasteiger partial charge in [0.15, 0.2) is 0 Å². The second-order valence-corrected chi connectivity index (χ2v) is 4.16. The van der Waals surface area contributed by atoms with E-state index in [1.807, 2.05) is 0 Å². The lowest BCUT2D eigenvalue weighted by Gasteiger charge is -2.16. The molecule has 0 bridgehead atoms. The predicted molar refractivity (Wildman–Crippen MR) is 60.9 cm³/mol.